The van der Waals surface area contributed by atoms with Crippen LogP contribution < -0.4 is 4.74 Å². The number of benzene rings is 2. The van der Waals surface area contributed by atoms with Crippen LogP contribution in [-0.2, 0) is 0 Å². The zero-order valence-electron chi connectivity index (χ0n) is 18.3. The number of aliphatic imine (C=N–C) groups is 1. The van der Waals surface area contributed by atoms with Gasteiger partial charge in [0.2, 0.25) is 0 Å². The zero-order valence-corrected chi connectivity index (χ0v) is 19.1. The fourth-order valence-electron chi connectivity index (χ4n) is 4.87. The molecule has 0 spiro atoms. The smallest absolute Gasteiger partial charge is 0.380 e. The molecule has 1 unspecified atom stereocenters. The maximum atomic E-state index is 15.2. The third-order valence-corrected chi connectivity index (χ3v) is 8.17. The van der Waals surface area contributed by atoms with E-state index in [0.29, 0.717) is 16.4 Å². The highest BCUT2D eigenvalue weighted by molar-refractivity contribution is 8.15. The molecule has 0 saturated heterocycles. The number of rotatable bonds is 3. The summed E-state index contributed by atoms with van der Waals surface area (Å²) in [7, 11) is 1.49. The van der Waals surface area contributed by atoms with Gasteiger partial charge in [-0.25, -0.2) is 4.99 Å². The van der Waals surface area contributed by atoms with Gasteiger partial charge in [-0.2, -0.15) is 26.3 Å². The number of hydrogen-bond donors (Lipinski definition) is 0. The minimum atomic E-state index is -5.59. The van der Waals surface area contributed by atoms with Crippen molar-refractivity contribution in [1.82, 2.24) is 0 Å². The number of thioether (sulfide) groups is 1. The van der Waals surface area contributed by atoms with E-state index < -0.39 is 45.3 Å². The molecule has 1 saturated carbocycles. The van der Waals surface area contributed by atoms with Crippen molar-refractivity contribution >= 4 is 22.4 Å². The largest absolute Gasteiger partial charge is 0.497 e. The van der Waals surface area contributed by atoms with Crippen molar-refractivity contribution < 1.29 is 31.1 Å². The molecular weight excluding hydrogens is 476 g/mol. The summed E-state index contributed by atoms with van der Waals surface area (Å²) in [6, 6.07) is 14.3. The third kappa shape index (κ3) is 2.82. The van der Waals surface area contributed by atoms with E-state index in [1.807, 2.05) is 0 Å². The molecule has 0 radical (unpaired) electrons. The standard InChI is InChI=1S/C25H19F6NOS/c1-22(2)16(13-7-5-4-6-8-13)17-18(24(28,29)25(30,31)23(17,26)27)19-20(22)34-21(32-19)14-9-11-15(33-3)12-10-14/h4-12,20H,1-3H3. The molecule has 34 heavy (non-hydrogen) atoms. The fourth-order valence-corrected chi connectivity index (χ4v) is 6.22. The summed E-state index contributed by atoms with van der Waals surface area (Å²) in [5, 5.41) is -0.569. The van der Waals surface area contributed by atoms with Crippen LogP contribution in [0.2, 0.25) is 0 Å². The average Bonchev–Trinajstić information content (AvgIpc) is 3.28. The minimum absolute atomic E-state index is 0.200. The van der Waals surface area contributed by atoms with E-state index in [9.17, 15) is 8.78 Å². The first-order chi connectivity index (χ1) is 15.9. The molecular formula is C25H19F6NOS. The monoisotopic (exact) mass is 495 g/mol. The van der Waals surface area contributed by atoms with Crippen molar-refractivity contribution in [1.29, 1.82) is 0 Å². The summed E-state index contributed by atoms with van der Waals surface area (Å²) in [5.41, 5.74) is -3.77. The van der Waals surface area contributed by atoms with Crippen LogP contribution in [0.25, 0.3) is 5.57 Å². The van der Waals surface area contributed by atoms with E-state index in [0.717, 1.165) is 11.8 Å². The topological polar surface area (TPSA) is 21.6 Å². The molecule has 0 N–H and O–H groups in total. The van der Waals surface area contributed by atoms with Crippen LogP contribution in [0, 0.1) is 5.41 Å². The molecule has 9 heteroatoms. The van der Waals surface area contributed by atoms with Crippen LogP contribution in [0.3, 0.4) is 0 Å². The fraction of sp³-hybridized carbons (Fsp3) is 0.320. The van der Waals surface area contributed by atoms with Crippen LogP contribution in [0.1, 0.15) is 25.0 Å². The van der Waals surface area contributed by atoms with Crippen LogP contribution in [0.5, 0.6) is 5.75 Å². The minimum Gasteiger partial charge on any atom is -0.497 e. The Bertz CT molecular complexity index is 1260. The van der Waals surface area contributed by atoms with Crippen molar-refractivity contribution in [2.45, 2.75) is 36.9 Å². The lowest BCUT2D eigenvalue weighted by atomic mass is 9.68. The van der Waals surface area contributed by atoms with E-state index in [-0.39, 0.29) is 11.1 Å². The van der Waals surface area contributed by atoms with Gasteiger partial charge in [0.15, 0.2) is 0 Å². The van der Waals surface area contributed by atoms with E-state index in [1.54, 1.807) is 56.3 Å². The molecule has 1 fully saturated rings. The SMILES string of the molecule is COc1ccc(C2=NC3=C4C(=C(c5ccccc5)C(C)(C)C3S2)C(F)(F)C(F)(F)C4(F)F)cc1. The Kier molecular flexibility index (Phi) is 4.86. The Hall–Kier alpha value is -2.68. The molecule has 3 aliphatic rings. The molecule has 178 valence electrons. The summed E-state index contributed by atoms with van der Waals surface area (Å²) in [6.07, 6.45) is 0. The molecule has 0 bridgehead atoms. The Balaban J connectivity index is 1.82. The molecule has 2 aromatic carbocycles. The van der Waals surface area contributed by atoms with Gasteiger partial charge in [-0.3, -0.25) is 0 Å². The number of hydrogen-bond acceptors (Lipinski definition) is 3. The molecule has 1 atom stereocenters. The van der Waals surface area contributed by atoms with Gasteiger partial charge in [0.1, 0.15) is 10.8 Å². The van der Waals surface area contributed by atoms with Gasteiger partial charge >= 0.3 is 17.8 Å². The number of alkyl halides is 6. The molecule has 2 aliphatic carbocycles. The van der Waals surface area contributed by atoms with Crippen LogP contribution in [0.4, 0.5) is 26.3 Å². The quantitative estimate of drug-likeness (QED) is 0.419. The number of fused-ring (bicyclic) bond motifs is 2. The highest BCUT2D eigenvalue weighted by Crippen LogP contribution is 2.69. The first-order valence-electron chi connectivity index (χ1n) is 10.4. The van der Waals surface area contributed by atoms with Crippen molar-refractivity contribution in [3.8, 4) is 5.75 Å². The van der Waals surface area contributed by atoms with E-state index in [1.165, 1.54) is 19.2 Å². The second-order valence-corrected chi connectivity index (χ2v) is 10.1. The third-order valence-electron chi connectivity index (χ3n) is 6.57. The number of allylic oxidation sites excluding steroid dienone is 3. The first-order valence-corrected chi connectivity index (χ1v) is 11.3. The summed E-state index contributed by atoms with van der Waals surface area (Å²) in [4.78, 5) is 4.27. The van der Waals surface area contributed by atoms with Gasteiger partial charge in [-0.1, -0.05) is 55.9 Å². The number of halogens is 6. The predicted molar refractivity (Wildman–Crippen MR) is 120 cm³/mol. The Morgan fingerprint density at radius 2 is 1.35 bits per heavy atom. The number of ether oxygens (including phenoxy) is 1. The van der Waals surface area contributed by atoms with Crippen molar-refractivity contribution in [3.63, 3.8) is 0 Å². The van der Waals surface area contributed by atoms with Crippen LogP contribution in [0.15, 0.2) is 76.4 Å². The lowest BCUT2D eigenvalue weighted by Gasteiger charge is -2.40. The summed E-state index contributed by atoms with van der Waals surface area (Å²) in [6.45, 7) is 3.21. The van der Waals surface area contributed by atoms with Gasteiger partial charge in [0.05, 0.1) is 23.6 Å². The summed E-state index contributed by atoms with van der Waals surface area (Å²) < 4.78 is 95.1. The second kappa shape index (κ2) is 7.16. The second-order valence-electron chi connectivity index (χ2n) is 8.96. The van der Waals surface area contributed by atoms with Gasteiger partial charge in [0, 0.05) is 16.6 Å². The molecule has 5 rings (SSSR count). The molecule has 1 heterocycles. The lowest BCUT2D eigenvalue weighted by Crippen LogP contribution is -2.47. The number of methoxy groups -OCH3 is 1. The van der Waals surface area contributed by atoms with E-state index >= 15 is 17.6 Å². The van der Waals surface area contributed by atoms with Crippen LogP contribution in [-0.4, -0.2) is 35.2 Å². The predicted octanol–water partition coefficient (Wildman–Crippen LogP) is 7.22. The first kappa shape index (κ1) is 23.1. The average molecular weight is 495 g/mol. The van der Waals surface area contributed by atoms with Crippen molar-refractivity contribution in [2.75, 3.05) is 7.11 Å². The highest BCUT2D eigenvalue weighted by atomic mass is 32.2. The zero-order chi connectivity index (χ0) is 24.7. The van der Waals surface area contributed by atoms with E-state index in [4.69, 9.17) is 4.74 Å². The number of nitrogens with zero attached hydrogens (tertiary/aromatic N) is 1. The Labute approximate surface area is 196 Å². The maximum absolute atomic E-state index is 15.2. The van der Waals surface area contributed by atoms with Gasteiger partial charge in [-0.15, -0.1) is 0 Å². The molecule has 2 aromatic rings. The highest BCUT2D eigenvalue weighted by Gasteiger charge is 2.83. The molecule has 1 aliphatic heterocycles. The van der Waals surface area contributed by atoms with Gasteiger partial charge in [-0.05, 0) is 35.4 Å². The lowest BCUT2D eigenvalue weighted by molar-refractivity contribution is -0.257. The molecule has 0 amide bonds. The van der Waals surface area contributed by atoms with Gasteiger partial charge in [0.25, 0.3) is 0 Å². The van der Waals surface area contributed by atoms with Gasteiger partial charge < -0.3 is 4.74 Å². The summed E-state index contributed by atoms with van der Waals surface area (Å²) in [5.74, 6) is -15.2. The maximum Gasteiger partial charge on any atom is 0.380 e. The van der Waals surface area contributed by atoms with Crippen molar-refractivity contribution in [3.05, 3.63) is 82.6 Å². The molecule has 0 aromatic heterocycles. The van der Waals surface area contributed by atoms with E-state index in [2.05, 4.69) is 4.99 Å². The Morgan fingerprint density at radius 1 is 0.765 bits per heavy atom. The normalized spacial score (nSPS) is 25.7. The summed E-state index contributed by atoms with van der Waals surface area (Å²) >= 11 is 1.11. The van der Waals surface area contributed by atoms with Crippen molar-refractivity contribution in [2.24, 2.45) is 10.4 Å². The van der Waals surface area contributed by atoms with Crippen LogP contribution >= 0.6 is 11.8 Å². The Morgan fingerprint density at radius 3 is 1.94 bits per heavy atom. The molecule has 2 nitrogen and oxygen atoms in total.